The van der Waals surface area contributed by atoms with Gasteiger partial charge in [-0.15, -0.1) is 11.3 Å². The van der Waals surface area contributed by atoms with Crippen LogP contribution in [0.15, 0.2) is 6.07 Å². The van der Waals surface area contributed by atoms with Gasteiger partial charge in [0.2, 0.25) is 0 Å². The number of hydrogen-bond donors (Lipinski definition) is 1. The van der Waals surface area contributed by atoms with Crippen molar-refractivity contribution in [3.05, 3.63) is 20.3 Å². The third kappa shape index (κ3) is 3.40. The minimum absolute atomic E-state index is 0.125. The molecule has 80 valence electrons. The van der Waals surface area contributed by atoms with Gasteiger partial charge in [0.1, 0.15) is 9.84 Å². The molecule has 14 heavy (non-hydrogen) atoms. The molecule has 1 aromatic heterocycles. The monoisotopic (exact) mass is 273 g/mol. The molecule has 0 aliphatic heterocycles. The molecule has 1 heterocycles. The Morgan fingerprint density at radius 3 is 2.50 bits per heavy atom. The fraction of sp³-hybridized carbons (Fsp3) is 0.429. The number of nitrogens with two attached hydrogens (primary N) is 1. The second-order valence-corrected chi connectivity index (χ2v) is 7.45. The number of sulfone groups is 1. The number of hydrogen-bond acceptors (Lipinski definition) is 4. The molecule has 0 radical (unpaired) electrons. The van der Waals surface area contributed by atoms with E-state index in [0.29, 0.717) is 14.2 Å². The summed E-state index contributed by atoms with van der Waals surface area (Å²) < 4.78 is 22.9. The molecular weight excluding hydrogens is 265 g/mol. The predicted molar refractivity (Wildman–Crippen MR) is 61.0 cm³/mol. The van der Waals surface area contributed by atoms with Crippen molar-refractivity contribution in [1.82, 2.24) is 0 Å². The molecular formula is C7H9Cl2NO2S2. The molecule has 0 spiro atoms. The smallest absolute Gasteiger partial charge is 0.149 e. The van der Waals surface area contributed by atoms with Gasteiger partial charge in [0.15, 0.2) is 0 Å². The predicted octanol–water partition coefficient (Wildman–Crippen LogP) is 2.10. The fourth-order valence-corrected chi connectivity index (χ4v) is 3.45. The van der Waals surface area contributed by atoms with Gasteiger partial charge >= 0.3 is 0 Å². The van der Waals surface area contributed by atoms with E-state index in [4.69, 9.17) is 28.9 Å². The van der Waals surface area contributed by atoms with Crippen molar-refractivity contribution in [1.29, 1.82) is 0 Å². The molecule has 0 saturated heterocycles. The second kappa shape index (κ2) is 4.37. The van der Waals surface area contributed by atoms with Crippen LogP contribution in [-0.4, -0.2) is 20.4 Å². The summed E-state index contributed by atoms with van der Waals surface area (Å²) >= 11 is 12.7. The largest absolute Gasteiger partial charge is 0.323 e. The fourth-order valence-electron chi connectivity index (χ4n) is 1.02. The minimum atomic E-state index is -3.10. The van der Waals surface area contributed by atoms with Gasteiger partial charge in [-0.1, -0.05) is 23.2 Å². The molecule has 3 nitrogen and oxygen atoms in total. The highest BCUT2D eigenvalue weighted by Gasteiger charge is 2.17. The lowest BCUT2D eigenvalue weighted by atomic mass is 10.2. The molecule has 0 amide bonds. The number of thiophene rings is 1. The van der Waals surface area contributed by atoms with Crippen LogP contribution in [0.3, 0.4) is 0 Å². The Balaban J connectivity index is 2.90. The quantitative estimate of drug-likeness (QED) is 0.918. The molecule has 1 unspecified atom stereocenters. The zero-order valence-electron chi connectivity index (χ0n) is 7.33. The van der Waals surface area contributed by atoms with Crippen LogP contribution in [0, 0.1) is 0 Å². The highest BCUT2D eigenvalue weighted by Crippen LogP contribution is 2.34. The van der Waals surface area contributed by atoms with Crippen molar-refractivity contribution in [2.45, 2.75) is 6.04 Å². The lowest BCUT2D eigenvalue weighted by molar-refractivity contribution is 0.595. The van der Waals surface area contributed by atoms with Crippen molar-refractivity contribution in [3.8, 4) is 0 Å². The third-order valence-electron chi connectivity index (χ3n) is 1.56. The van der Waals surface area contributed by atoms with Crippen molar-refractivity contribution in [2.75, 3.05) is 12.0 Å². The Morgan fingerprint density at radius 1 is 1.57 bits per heavy atom. The van der Waals surface area contributed by atoms with Crippen LogP contribution >= 0.6 is 34.5 Å². The van der Waals surface area contributed by atoms with Crippen molar-refractivity contribution < 1.29 is 8.42 Å². The average molecular weight is 274 g/mol. The van der Waals surface area contributed by atoms with Crippen LogP contribution in [0.25, 0.3) is 0 Å². The third-order valence-corrected chi connectivity index (χ3v) is 4.05. The first-order valence-corrected chi connectivity index (χ1v) is 7.31. The van der Waals surface area contributed by atoms with Crippen LogP contribution in [0.4, 0.5) is 0 Å². The maximum Gasteiger partial charge on any atom is 0.149 e. The highest BCUT2D eigenvalue weighted by molar-refractivity contribution is 7.90. The van der Waals surface area contributed by atoms with E-state index in [1.807, 2.05) is 0 Å². The summed E-state index contributed by atoms with van der Waals surface area (Å²) in [6.45, 7) is 0. The van der Waals surface area contributed by atoms with Gasteiger partial charge in [0.05, 0.1) is 14.4 Å². The minimum Gasteiger partial charge on any atom is -0.323 e. The Hall–Kier alpha value is 0.190. The van der Waals surface area contributed by atoms with E-state index >= 15 is 0 Å². The molecule has 0 bridgehead atoms. The molecule has 0 aromatic carbocycles. The van der Waals surface area contributed by atoms with Crippen LogP contribution < -0.4 is 5.73 Å². The summed E-state index contributed by atoms with van der Waals surface area (Å²) in [5.74, 6) is -0.125. The molecule has 0 aliphatic rings. The summed E-state index contributed by atoms with van der Waals surface area (Å²) in [5, 5.41) is 0. The van der Waals surface area contributed by atoms with E-state index in [2.05, 4.69) is 0 Å². The van der Waals surface area contributed by atoms with Gasteiger partial charge in [0, 0.05) is 17.9 Å². The van der Waals surface area contributed by atoms with Crippen LogP contribution in [0.2, 0.25) is 8.67 Å². The summed E-state index contributed by atoms with van der Waals surface area (Å²) in [6, 6.07) is 0.992. The second-order valence-electron chi connectivity index (χ2n) is 2.98. The van der Waals surface area contributed by atoms with Crippen molar-refractivity contribution in [3.63, 3.8) is 0 Å². The Labute approximate surface area is 96.7 Å². The highest BCUT2D eigenvalue weighted by atomic mass is 35.5. The molecule has 0 aliphatic carbocycles. The maximum atomic E-state index is 11.0. The molecule has 1 aromatic rings. The normalized spacial score (nSPS) is 14.3. The summed E-state index contributed by atoms with van der Waals surface area (Å²) in [4.78, 5) is 0. The molecule has 7 heteroatoms. The zero-order valence-corrected chi connectivity index (χ0v) is 10.5. The first-order chi connectivity index (χ1) is 6.29. The molecule has 2 N–H and O–H groups in total. The van der Waals surface area contributed by atoms with E-state index in [1.54, 1.807) is 6.07 Å². The Kier molecular flexibility index (Phi) is 3.82. The van der Waals surface area contributed by atoms with Crippen molar-refractivity contribution >= 4 is 44.4 Å². The van der Waals surface area contributed by atoms with Gasteiger partial charge in [-0.25, -0.2) is 8.42 Å². The number of rotatable bonds is 3. The number of halogens is 2. The molecule has 0 fully saturated rings. The van der Waals surface area contributed by atoms with Crippen molar-refractivity contribution in [2.24, 2.45) is 5.73 Å². The van der Waals surface area contributed by atoms with Gasteiger partial charge in [0.25, 0.3) is 0 Å². The van der Waals surface area contributed by atoms with Crippen LogP contribution in [-0.2, 0) is 9.84 Å². The van der Waals surface area contributed by atoms with E-state index in [-0.39, 0.29) is 5.75 Å². The summed E-state index contributed by atoms with van der Waals surface area (Å²) in [5.41, 5.74) is 6.27. The van der Waals surface area contributed by atoms with Crippen LogP contribution in [0.5, 0.6) is 0 Å². The van der Waals surface area contributed by atoms with E-state index < -0.39 is 15.9 Å². The lowest BCUT2D eigenvalue weighted by Crippen LogP contribution is -2.20. The summed E-state index contributed by atoms with van der Waals surface area (Å²) in [7, 11) is -3.10. The maximum absolute atomic E-state index is 11.0. The van der Waals surface area contributed by atoms with E-state index in [1.165, 1.54) is 11.3 Å². The SMILES string of the molecule is CS(=O)(=O)CC(N)c1cc(Cl)sc1Cl. The molecule has 1 rings (SSSR count). The Bertz CT molecular complexity index is 427. The molecule has 0 saturated carbocycles. The van der Waals surface area contributed by atoms with E-state index in [9.17, 15) is 8.42 Å². The Morgan fingerprint density at radius 2 is 2.14 bits per heavy atom. The summed E-state index contributed by atoms with van der Waals surface area (Å²) in [6.07, 6.45) is 1.13. The van der Waals surface area contributed by atoms with Gasteiger partial charge in [-0.05, 0) is 6.07 Å². The zero-order chi connectivity index (χ0) is 10.9. The topological polar surface area (TPSA) is 60.2 Å². The van der Waals surface area contributed by atoms with Gasteiger partial charge in [-0.3, -0.25) is 0 Å². The first-order valence-electron chi connectivity index (χ1n) is 3.67. The lowest BCUT2D eigenvalue weighted by Gasteiger charge is -2.08. The van der Waals surface area contributed by atoms with Crippen LogP contribution in [0.1, 0.15) is 11.6 Å². The van der Waals surface area contributed by atoms with E-state index in [0.717, 1.165) is 6.26 Å². The molecule has 1 atom stereocenters. The first kappa shape index (κ1) is 12.3. The van der Waals surface area contributed by atoms with Gasteiger partial charge in [-0.2, -0.15) is 0 Å². The van der Waals surface area contributed by atoms with Gasteiger partial charge < -0.3 is 5.73 Å². The standard InChI is InChI=1S/C7H9Cl2NO2S2/c1-14(11,12)3-5(10)4-2-6(8)13-7(4)9/h2,5H,3,10H2,1H3. The average Bonchev–Trinajstić information content (AvgIpc) is 2.26.